The van der Waals surface area contributed by atoms with Crippen LogP contribution in [0.4, 0.5) is 11.9 Å². The number of methoxy groups -OCH3 is 1. The maximum atomic E-state index is 5.35. The zero-order chi connectivity index (χ0) is 13.7. The van der Waals surface area contributed by atoms with Crippen LogP contribution in [-0.4, -0.2) is 59.7 Å². The van der Waals surface area contributed by atoms with Crippen LogP contribution in [0.25, 0.3) is 0 Å². The summed E-state index contributed by atoms with van der Waals surface area (Å²) in [4.78, 5) is 17.1. The predicted octanol–water partition coefficient (Wildman–Crippen LogP) is -0.302. The van der Waals surface area contributed by atoms with Gasteiger partial charge in [0.15, 0.2) is 0 Å². The molecule has 8 nitrogen and oxygen atoms in total. The smallest absolute Gasteiger partial charge is 0.322 e. The summed E-state index contributed by atoms with van der Waals surface area (Å²) in [5.74, 6) is 6.27. The van der Waals surface area contributed by atoms with Crippen molar-refractivity contribution in [2.75, 3.05) is 50.2 Å². The van der Waals surface area contributed by atoms with Crippen LogP contribution < -0.4 is 20.9 Å². The van der Waals surface area contributed by atoms with Crippen molar-refractivity contribution < 1.29 is 4.74 Å². The highest BCUT2D eigenvalue weighted by molar-refractivity contribution is 5.38. The number of aromatic nitrogens is 3. The van der Waals surface area contributed by atoms with E-state index in [1.807, 2.05) is 0 Å². The van der Waals surface area contributed by atoms with E-state index in [1.54, 1.807) is 0 Å². The summed E-state index contributed by atoms with van der Waals surface area (Å²) < 4.78 is 5.05. The maximum Gasteiger partial charge on any atom is 0.322 e. The number of piperazine rings is 1. The van der Waals surface area contributed by atoms with E-state index < -0.39 is 0 Å². The highest BCUT2D eigenvalue weighted by Gasteiger charge is 2.19. The molecule has 106 valence electrons. The second kappa shape index (κ2) is 6.48. The van der Waals surface area contributed by atoms with Gasteiger partial charge >= 0.3 is 6.01 Å². The van der Waals surface area contributed by atoms with Gasteiger partial charge < -0.3 is 9.64 Å². The molecule has 1 aromatic heterocycles. The summed E-state index contributed by atoms with van der Waals surface area (Å²) in [6.07, 6.45) is 1.18. The lowest BCUT2D eigenvalue weighted by atomic mass is 10.3. The molecule has 0 radical (unpaired) electrons. The number of nitrogens with two attached hydrogens (primary N) is 1. The first kappa shape index (κ1) is 13.8. The van der Waals surface area contributed by atoms with Crippen molar-refractivity contribution in [2.45, 2.75) is 13.3 Å². The number of hydrogen-bond acceptors (Lipinski definition) is 8. The SMILES string of the molecule is CCCN1CCN(c2nc(NN)nc(OC)n2)CC1. The molecule has 1 aromatic rings. The van der Waals surface area contributed by atoms with Crippen molar-refractivity contribution in [1.82, 2.24) is 19.9 Å². The maximum absolute atomic E-state index is 5.35. The second-order valence-corrected chi connectivity index (χ2v) is 4.42. The molecule has 3 N–H and O–H groups in total. The fourth-order valence-electron chi connectivity index (χ4n) is 2.13. The molecule has 0 aromatic carbocycles. The van der Waals surface area contributed by atoms with Gasteiger partial charge in [-0.3, -0.25) is 10.3 Å². The predicted molar refractivity (Wildman–Crippen MR) is 73.1 cm³/mol. The van der Waals surface area contributed by atoms with Gasteiger partial charge in [0.2, 0.25) is 11.9 Å². The summed E-state index contributed by atoms with van der Waals surface area (Å²) in [6.45, 7) is 7.18. The highest BCUT2D eigenvalue weighted by atomic mass is 16.5. The molecule has 8 heteroatoms. The molecular formula is C11H21N7O. The third-order valence-electron chi connectivity index (χ3n) is 3.11. The molecule has 1 aliphatic rings. The number of hydrogen-bond donors (Lipinski definition) is 2. The van der Waals surface area contributed by atoms with Gasteiger partial charge in [0.25, 0.3) is 0 Å². The van der Waals surface area contributed by atoms with Crippen LogP contribution in [0.3, 0.4) is 0 Å². The molecule has 1 saturated heterocycles. The van der Waals surface area contributed by atoms with E-state index in [9.17, 15) is 0 Å². The Balaban J connectivity index is 2.06. The first-order chi connectivity index (χ1) is 9.26. The van der Waals surface area contributed by atoms with Crippen LogP contribution in [-0.2, 0) is 0 Å². The lowest BCUT2D eigenvalue weighted by molar-refractivity contribution is 0.257. The summed E-state index contributed by atoms with van der Waals surface area (Å²) >= 11 is 0. The molecule has 2 rings (SSSR count). The molecule has 0 amide bonds. The van der Waals surface area contributed by atoms with E-state index in [0.717, 1.165) is 32.7 Å². The quantitative estimate of drug-likeness (QED) is 0.555. The van der Waals surface area contributed by atoms with E-state index in [0.29, 0.717) is 11.9 Å². The number of nitrogens with zero attached hydrogens (tertiary/aromatic N) is 5. The van der Waals surface area contributed by atoms with Gasteiger partial charge in [0, 0.05) is 26.2 Å². The third kappa shape index (κ3) is 3.42. The Kier molecular flexibility index (Phi) is 4.69. The van der Waals surface area contributed by atoms with Crippen molar-refractivity contribution in [3.63, 3.8) is 0 Å². The normalized spacial score (nSPS) is 16.5. The molecular weight excluding hydrogens is 246 g/mol. The zero-order valence-electron chi connectivity index (χ0n) is 11.5. The Morgan fingerprint density at radius 2 is 1.95 bits per heavy atom. The van der Waals surface area contributed by atoms with Gasteiger partial charge in [-0.2, -0.15) is 15.0 Å². The molecule has 0 aliphatic carbocycles. The summed E-state index contributed by atoms with van der Waals surface area (Å²) in [5.41, 5.74) is 2.43. The number of ether oxygens (including phenoxy) is 1. The van der Waals surface area contributed by atoms with Gasteiger partial charge in [0.05, 0.1) is 7.11 Å². The number of hydrazine groups is 1. The molecule has 0 saturated carbocycles. The zero-order valence-corrected chi connectivity index (χ0v) is 11.5. The molecule has 0 spiro atoms. The Morgan fingerprint density at radius 3 is 2.53 bits per heavy atom. The fraction of sp³-hybridized carbons (Fsp3) is 0.727. The Bertz CT molecular complexity index is 384. The van der Waals surface area contributed by atoms with Crippen LogP contribution in [0, 0.1) is 0 Å². The molecule has 0 bridgehead atoms. The number of rotatable bonds is 5. The van der Waals surface area contributed by atoms with E-state index >= 15 is 0 Å². The van der Waals surface area contributed by atoms with Gasteiger partial charge in [-0.25, -0.2) is 5.84 Å². The number of anilines is 2. The topological polar surface area (TPSA) is 92.4 Å². The lowest BCUT2D eigenvalue weighted by Gasteiger charge is -2.34. The van der Waals surface area contributed by atoms with E-state index in [2.05, 4.69) is 37.1 Å². The van der Waals surface area contributed by atoms with Gasteiger partial charge in [-0.15, -0.1) is 0 Å². The Morgan fingerprint density at radius 1 is 1.21 bits per heavy atom. The average molecular weight is 267 g/mol. The van der Waals surface area contributed by atoms with Crippen molar-refractivity contribution in [2.24, 2.45) is 5.84 Å². The molecule has 1 aliphatic heterocycles. The molecule has 0 atom stereocenters. The van der Waals surface area contributed by atoms with Crippen LogP contribution in [0.1, 0.15) is 13.3 Å². The summed E-state index contributed by atoms with van der Waals surface area (Å²) in [7, 11) is 1.53. The first-order valence-electron chi connectivity index (χ1n) is 6.50. The Hall–Kier alpha value is -1.67. The van der Waals surface area contributed by atoms with Gasteiger partial charge in [0.1, 0.15) is 0 Å². The van der Waals surface area contributed by atoms with Crippen LogP contribution in [0.15, 0.2) is 0 Å². The molecule has 2 heterocycles. The minimum atomic E-state index is 0.272. The first-order valence-corrected chi connectivity index (χ1v) is 6.50. The van der Waals surface area contributed by atoms with Crippen LogP contribution in [0.2, 0.25) is 0 Å². The number of nitrogen functional groups attached to an aromatic ring is 1. The van der Waals surface area contributed by atoms with Crippen molar-refractivity contribution in [3.05, 3.63) is 0 Å². The van der Waals surface area contributed by atoms with Crippen LogP contribution >= 0.6 is 0 Å². The van der Waals surface area contributed by atoms with E-state index in [-0.39, 0.29) is 6.01 Å². The van der Waals surface area contributed by atoms with Crippen LogP contribution in [0.5, 0.6) is 6.01 Å². The minimum absolute atomic E-state index is 0.272. The lowest BCUT2D eigenvalue weighted by Crippen LogP contribution is -2.47. The van der Waals surface area contributed by atoms with Crippen molar-refractivity contribution in [3.8, 4) is 6.01 Å². The summed E-state index contributed by atoms with van der Waals surface area (Å²) in [5, 5.41) is 0. The van der Waals surface area contributed by atoms with E-state index in [4.69, 9.17) is 10.6 Å². The Labute approximate surface area is 112 Å². The van der Waals surface area contributed by atoms with Crippen molar-refractivity contribution >= 4 is 11.9 Å². The highest BCUT2D eigenvalue weighted by Crippen LogP contribution is 2.16. The molecule has 1 fully saturated rings. The second-order valence-electron chi connectivity index (χ2n) is 4.42. The third-order valence-corrected chi connectivity index (χ3v) is 3.11. The minimum Gasteiger partial charge on any atom is -0.467 e. The number of nitrogens with one attached hydrogen (secondary N) is 1. The van der Waals surface area contributed by atoms with Gasteiger partial charge in [-0.05, 0) is 13.0 Å². The van der Waals surface area contributed by atoms with Gasteiger partial charge in [-0.1, -0.05) is 6.92 Å². The van der Waals surface area contributed by atoms with Crippen molar-refractivity contribution in [1.29, 1.82) is 0 Å². The van der Waals surface area contributed by atoms with E-state index in [1.165, 1.54) is 13.5 Å². The largest absolute Gasteiger partial charge is 0.467 e. The fourth-order valence-corrected chi connectivity index (χ4v) is 2.13. The average Bonchev–Trinajstić information content (AvgIpc) is 2.47. The summed E-state index contributed by atoms with van der Waals surface area (Å²) in [6, 6.07) is 0.272. The molecule has 19 heavy (non-hydrogen) atoms. The molecule has 0 unspecified atom stereocenters. The monoisotopic (exact) mass is 267 g/mol. The standard InChI is InChI=1S/C11H21N7O/c1-3-4-17-5-7-18(8-6-17)10-13-9(16-12)14-11(15-10)19-2/h3-8,12H2,1-2H3,(H,13,14,15,16).